The molecule has 0 saturated heterocycles. The van der Waals surface area contributed by atoms with Gasteiger partial charge in [-0.25, -0.2) is 4.79 Å². The lowest BCUT2D eigenvalue weighted by molar-refractivity contribution is -0.146. The molecule has 7 heteroatoms. The van der Waals surface area contributed by atoms with Crippen LogP contribution in [0.2, 0.25) is 0 Å². The Morgan fingerprint density at radius 3 is 2.40 bits per heavy atom. The van der Waals surface area contributed by atoms with Gasteiger partial charge in [-0.1, -0.05) is 0 Å². The second-order valence-corrected chi connectivity index (χ2v) is 2.74. The summed E-state index contributed by atoms with van der Waals surface area (Å²) in [4.78, 5) is 32.5. The minimum Gasteiger partial charge on any atom is -0.467 e. The van der Waals surface area contributed by atoms with Crippen LogP contribution in [-0.4, -0.2) is 49.2 Å². The second-order valence-electron chi connectivity index (χ2n) is 2.74. The lowest BCUT2D eigenvalue weighted by atomic mass is 10.3. The number of carbonyl (C=O) groups is 3. The molecule has 15 heavy (non-hydrogen) atoms. The standard InChI is InChI=1S/C8H14N2O5/c1-5(12)9-3-7(13)10-6(4-11)8(14)15-2/h6,11H,3-4H2,1-2H3,(H,9,12)(H,10,13). The summed E-state index contributed by atoms with van der Waals surface area (Å²) in [6.07, 6.45) is 0. The van der Waals surface area contributed by atoms with Crippen LogP contribution in [0.5, 0.6) is 0 Å². The van der Waals surface area contributed by atoms with Gasteiger partial charge in [0.1, 0.15) is 0 Å². The van der Waals surface area contributed by atoms with Crippen molar-refractivity contribution in [1.82, 2.24) is 10.6 Å². The summed E-state index contributed by atoms with van der Waals surface area (Å²) in [6, 6.07) is -1.10. The molecule has 0 aromatic carbocycles. The fraction of sp³-hybridized carbons (Fsp3) is 0.625. The normalized spacial score (nSPS) is 11.4. The van der Waals surface area contributed by atoms with E-state index in [4.69, 9.17) is 5.11 Å². The van der Waals surface area contributed by atoms with Crippen LogP contribution in [0.25, 0.3) is 0 Å². The molecule has 0 heterocycles. The van der Waals surface area contributed by atoms with Crippen molar-refractivity contribution in [2.75, 3.05) is 20.3 Å². The Morgan fingerprint density at radius 1 is 1.40 bits per heavy atom. The van der Waals surface area contributed by atoms with Crippen molar-refractivity contribution in [2.24, 2.45) is 0 Å². The van der Waals surface area contributed by atoms with Crippen molar-refractivity contribution in [3.63, 3.8) is 0 Å². The zero-order valence-corrected chi connectivity index (χ0v) is 8.57. The van der Waals surface area contributed by atoms with E-state index in [-0.39, 0.29) is 12.5 Å². The molecule has 2 amide bonds. The Kier molecular flexibility index (Phi) is 6.03. The second kappa shape index (κ2) is 6.77. The minimum absolute atomic E-state index is 0.247. The third-order valence-corrected chi connectivity index (χ3v) is 1.50. The van der Waals surface area contributed by atoms with E-state index in [0.717, 1.165) is 7.11 Å². The molecular weight excluding hydrogens is 204 g/mol. The van der Waals surface area contributed by atoms with Gasteiger partial charge >= 0.3 is 5.97 Å². The molecule has 0 aliphatic rings. The predicted molar refractivity (Wildman–Crippen MR) is 49.7 cm³/mol. The summed E-state index contributed by atoms with van der Waals surface area (Å²) in [7, 11) is 1.14. The summed E-state index contributed by atoms with van der Waals surface area (Å²) in [5.41, 5.74) is 0. The predicted octanol–water partition coefficient (Wildman–Crippen LogP) is -2.23. The molecule has 0 spiro atoms. The maximum atomic E-state index is 11.1. The molecule has 0 fully saturated rings. The molecule has 0 saturated carbocycles. The first-order valence-electron chi connectivity index (χ1n) is 4.23. The lowest BCUT2D eigenvalue weighted by Crippen LogP contribution is -2.47. The monoisotopic (exact) mass is 218 g/mol. The number of hydrogen-bond donors (Lipinski definition) is 3. The van der Waals surface area contributed by atoms with Gasteiger partial charge in [0.15, 0.2) is 6.04 Å². The number of ether oxygens (including phenoxy) is 1. The number of amides is 2. The Morgan fingerprint density at radius 2 is 2.00 bits per heavy atom. The molecule has 0 aliphatic heterocycles. The van der Waals surface area contributed by atoms with Gasteiger partial charge in [-0.05, 0) is 0 Å². The molecule has 0 aromatic heterocycles. The van der Waals surface area contributed by atoms with Crippen molar-refractivity contribution in [3.05, 3.63) is 0 Å². The number of nitrogens with one attached hydrogen (secondary N) is 2. The highest BCUT2D eigenvalue weighted by Crippen LogP contribution is 1.86. The molecular formula is C8H14N2O5. The fourth-order valence-corrected chi connectivity index (χ4v) is 0.771. The summed E-state index contributed by atoms with van der Waals surface area (Å²) >= 11 is 0. The average molecular weight is 218 g/mol. The highest BCUT2D eigenvalue weighted by molar-refractivity contribution is 5.87. The highest BCUT2D eigenvalue weighted by Gasteiger charge is 2.19. The first-order valence-corrected chi connectivity index (χ1v) is 4.23. The third kappa shape index (κ3) is 5.63. The van der Waals surface area contributed by atoms with Gasteiger partial charge in [-0.3, -0.25) is 9.59 Å². The number of hydrogen-bond acceptors (Lipinski definition) is 5. The van der Waals surface area contributed by atoms with Crippen LogP contribution < -0.4 is 10.6 Å². The van der Waals surface area contributed by atoms with Crippen molar-refractivity contribution >= 4 is 17.8 Å². The molecule has 0 radical (unpaired) electrons. The molecule has 7 nitrogen and oxygen atoms in total. The summed E-state index contributed by atoms with van der Waals surface area (Å²) in [5, 5.41) is 13.2. The highest BCUT2D eigenvalue weighted by atomic mass is 16.5. The van der Waals surface area contributed by atoms with E-state index >= 15 is 0 Å². The van der Waals surface area contributed by atoms with Gasteiger partial charge in [0.25, 0.3) is 0 Å². The number of esters is 1. The maximum Gasteiger partial charge on any atom is 0.330 e. The van der Waals surface area contributed by atoms with E-state index in [0.29, 0.717) is 0 Å². The van der Waals surface area contributed by atoms with Gasteiger partial charge in [0.05, 0.1) is 20.3 Å². The first-order chi connectivity index (χ1) is 7.01. The smallest absolute Gasteiger partial charge is 0.330 e. The average Bonchev–Trinajstić information content (AvgIpc) is 2.21. The number of methoxy groups -OCH3 is 1. The van der Waals surface area contributed by atoms with Crippen LogP contribution in [0, 0.1) is 0 Å². The number of aliphatic hydroxyl groups is 1. The number of rotatable bonds is 5. The van der Waals surface area contributed by atoms with Crippen LogP contribution in [0.3, 0.4) is 0 Å². The van der Waals surface area contributed by atoms with Crippen LogP contribution in [0.4, 0.5) is 0 Å². The summed E-state index contributed by atoms with van der Waals surface area (Å²) < 4.78 is 4.33. The lowest BCUT2D eigenvalue weighted by Gasteiger charge is -2.13. The van der Waals surface area contributed by atoms with Crippen molar-refractivity contribution in [2.45, 2.75) is 13.0 Å². The van der Waals surface area contributed by atoms with Crippen molar-refractivity contribution < 1.29 is 24.2 Å². The molecule has 0 aliphatic carbocycles. The van der Waals surface area contributed by atoms with Crippen LogP contribution in [0.1, 0.15) is 6.92 Å². The van der Waals surface area contributed by atoms with Gasteiger partial charge in [0, 0.05) is 6.92 Å². The minimum atomic E-state index is -1.10. The van der Waals surface area contributed by atoms with E-state index < -0.39 is 24.5 Å². The molecule has 86 valence electrons. The largest absolute Gasteiger partial charge is 0.467 e. The van der Waals surface area contributed by atoms with Crippen LogP contribution in [-0.2, 0) is 19.1 Å². The Hall–Kier alpha value is -1.63. The van der Waals surface area contributed by atoms with Gasteiger partial charge in [-0.2, -0.15) is 0 Å². The Labute approximate surface area is 86.8 Å². The first kappa shape index (κ1) is 13.4. The molecule has 0 bridgehead atoms. The van der Waals surface area contributed by atoms with E-state index in [1.54, 1.807) is 0 Å². The SMILES string of the molecule is COC(=O)C(CO)NC(=O)CNC(C)=O. The zero-order chi connectivity index (χ0) is 11.8. The fourth-order valence-electron chi connectivity index (χ4n) is 0.771. The molecule has 3 N–H and O–H groups in total. The number of carbonyl (C=O) groups excluding carboxylic acids is 3. The van der Waals surface area contributed by atoms with Crippen molar-refractivity contribution in [1.29, 1.82) is 0 Å². The summed E-state index contributed by atoms with van der Waals surface area (Å²) in [6.45, 7) is 0.457. The number of aliphatic hydroxyl groups excluding tert-OH is 1. The Balaban J connectivity index is 4.01. The Bertz CT molecular complexity index is 253. The van der Waals surface area contributed by atoms with Crippen LogP contribution in [0.15, 0.2) is 0 Å². The molecule has 0 aromatic rings. The van der Waals surface area contributed by atoms with Gasteiger partial charge in [-0.15, -0.1) is 0 Å². The molecule has 1 unspecified atom stereocenters. The van der Waals surface area contributed by atoms with E-state index in [9.17, 15) is 14.4 Å². The maximum absolute atomic E-state index is 11.1. The van der Waals surface area contributed by atoms with Crippen molar-refractivity contribution in [3.8, 4) is 0 Å². The topological polar surface area (TPSA) is 105 Å². The quantitative estimate of drug-likeness (QED) is 0.453. The van der Waals surface area contributed by atoms with Crippen LogP contribution >= 0.6 is 0 Å². The summed E-state index contributed by atoms with van der Waals surface area (Å²) in [5.74, 6) is -1.67. The van der Waals surface area contributed by atoms with E-state index in [1.807, 2.05) is 0 Å². The van der Waals surface area contributed by atoms with E-state index in [1.165, 1.54) is 6.92 Å². The third-order valence-electron chi connectivity index (χ3n) is 1.50. The zero-order valence-electron chi connectivity index (χ0n) is 8.57. The molecule has 0 rings (SSSR count). The van der Waals surface area contributed by atoms with Gasteiger partial charge in [0.2, 0.25) is 11.8 Å². The van der Waals surface area contributed by atoms with Gasteiger partial charge < -0.3 is 20.5 Å². The molecule has 1 atom stereocenters. The van der Waals surface area contributed by atoms with E-state index in [2.05, 4.69) is 15.4 Å².